The molecule has 0 aliphatic rings. The van der Waals surface area contributed by atoms with Crippen molar-refractivity contribution >= 4 is 23.1 Å². The second-order valence-electron chi connectivity index (χ2n) is 5.80. The molecule has 1 rings (SSSR count). The van der Waals surface area contributed by atoms with E-state index in [2.05, 4.69) is 4.28 Å². The molecule has 0 fully saturated rings. The van der Waals surface area contributed by atoms with E-state index >= 15 is 0 Å². The van der Waals surface area contributed by atoms with Crippen molar-refractivity contribution in [2.24, 2.45) is 0 Å². The predicted molar refractivity (Wildman–Crippen MR) is 79.4 cm³/mol. The maximum Gasteiger partial charge on any atom is 0.440 e. The van der Waals surface area contributed by atoms with Gasteiger partial charge in [-0.05, 0) is 52.7 Å². The van der Waals surface area contributed by atoms with Crippen molar-refractivity contribution in [2.45, 2.75) is 47.1 Å². The minimum absolute atomic E-state index is 0.360. The summed E-state index contributed by atoms with van der Waals surface area (Å²) in [6, 6.07) is 3.66. The summed E-state index contributed by atoms with van der Waals surface area (Å²) in [6.07, 6.45) is -0.887. The molecule has 0 aromatic heterocycles. The zero-order valence-corrected chi connectivity index (χ0v) is 13.9. The number of ether oxygens (including phenoxy) is 1. The molecule has 1 atom stereocenters. The number of carbonyl (C=O) groups excluding carboxylic acids is 1. The lowest BCUT2D eigenvalue weighted by molar-refractivity contribution is 0.0439. The van der Waals surface area contributed by atoms with Gasteiger partial charge in [0.05, 0.1) is 5.69 Å². The lowest BCUT2D eigenvalue weighted by Gasteiger charge is -2.28. The highest BCUT2D eigenvalue weighted by Gasteiger charge is 2.27. The third-order valence-corrected chi connectivity index (χ3v) is 2.80. The van der Waals surface area contributed by atoms with Crippen LogP contribution in [0, 0.1) is 20.8 Å². The van der Waals surface area contributed by atoms with Crippen LogP contribution >= 0.6 is 0 Å². The lowest BCUT2D eigenvalue weighted by Crippen LogP contribution is -2.38. The number of nitrogens with zero attached hydrogens (tertiary/aromatic N) is 1. The summed E-state index contributed by atoms with van der Waals surface area (Å²) in [5, 5.41) is 0.665. The summed E-state index contributed by atoms with van der Waals surface area (Å²) in [5.41, 5.74) is 2.02. The van der Waals surface area contributed by atoms with E-state index in [1.807, 2.05) is 19.1 Å². The van der Waals surface area contributed by atoms with Crippen LogP contribution in [0.5, 0.6) is 0 Å². The van der Waals surface area contributed by atoms with Gasteiger partial charge in [-0.3, -0.25) is 0 Å². The quantitative estimate of drug-likeness (QED) is 0.633. The number of aryl methyl sites for hydroxylation is 3. The Kier molecular flexibility index (Phi) is 5.49. The highest BCUT2D eigenvalue weighted by Crippen LogP contribution is 2.28. The Balaban J connectivity index is 3.26. The van der Waals surface area contributed by atoms with Gasteiger partial charge in [0.25, 0.3) is 0 Å². The van der Waals surface area contributed by atoms with Crippen molar-refractivity contribution in [3.63, 3.8) is 0 Å². The standard InChI is InChI=1S/C14H21NO5S/c1-9-7-10(2)12(11(3)8-9)15(20-21(17)18)13(16)19-14(4,5)6/h7-8H,1-6H3,(H,17,18)/p-1. The van der Waals surface area contributed by atoms with Gasteiger partial charge in [-0.2, -0.15) is 4.28 Å². The highest BCUT2D eigenvalue weighted by molar-refractivity contribution is 7.74. The Morgan fingerprint density at radius 3 is 2.05 bits per heavy atom. The molecule has 0 aliphatic heterocycles. The number of anilines is 1. The van der Waals surface area contributed by atoms with Crippen LogP contribution in [-0.2, 0) is 20.4 Å². The molecule has 1 aromatic rings. The van der Waals surface area contributed by atoms with E-state index in [1.165, 1.54) is 0 Å². The van der Waals surface area contributed by atoms with Crippen molar-refractivity contribution in [1.82, 2.24) is 0 Å². The van der Waals surface area contributed by atoms with Crippen LogP contribution < -0.4 is 5.06 Å². The Morgan fingerprint density at radius 1 is 1.19 bits per heavy atom. The molecule has 118 valence electrons. The van der Waals surface area contributed by atoms with Crippen LogP contribution in [0.1, 0.15) is 37.5 Å². The average molecular weight is 314 g/mol. The number of rotatable bonds is 3. The van der Waals surface area contributed by atoms with E-state index in [1.54, 1.807) is 34.6 Å². The normalized spacial score (nSPS) is 12.9. The maximum atomic E-state index is 12.2. The molecule has 0 saturated heterocycles. The van der Waals surface area contributed by atoms with Crippen LogP contribution in [0.3, 0.4) is 0 Å². The number of hydrogen-bond donors (Lipinski definition) is 0. The first-order chi connectivity index (χ1) is 9.51. The lowest BCUT2D eigenvalue weighted by atomic mass is 10.1. The Morgan fingerprint density at radius 2 is 1.67 bits per heavy atom. The molecule has 1 unspecified atom stereocenters. The molecule has 0 saturated carbocycles. The monoisotopic (exact) mass is 314 g/mol. The van der Waals surface area contributed by atoms with E-state index in [0.717, 1.165) is 5.56 Å². The first-order valence-electron chi connectivity index (χ1n) is 6.40. The molecule has 0 radical (unpaired) electrons. The van der Waals surface area contributed by atoms with Crippen LogP contribution in [0.25, 0.3) is 0 Å². The van der Waals surface area contributed by atoms with Crippen LogP contribution in [0.4, 0.5) is 10.5 Å². The van der Waals surface area contributed by atoms with Gasteiger partial charge in [0.2, 0.25) is 0 Å². The number of amides is 1. The fourth-order valence-electron chi connectivity index (χ4n) is 2.02. The summed E-state index contributed by atoms with van der Waals surface area (Å²) in [6.45, 7) is 10.5. The molecular weight excluding hydrogens is 294 g/mol. The average Bonchev–Trinajstić information content (AvgIpc) is 2.23. The highest BCUT2D eigenvalue weighted by atomic mass is 32.2. The molecule has 0 bridgehead atoms. The number of hydrogen-bond acceptors (Lipinski definition) is 5. The Hall–Kier alpha value is -1.44. The van der Waals surface area contributed by atoms with Gasteiger partial charge >= 0.3 is 6.09 Å². The fourth-order valence-corrected chi connectivity index (χ4v) is 2.27. The summed E-state index contributed by atoms with van der Waals surface area (Å²) in [4.78, 5) is 12.2. The van der Waals surface area contributed by atoms with Gasteiger partial charge in [0.1, 0.15) is 17.0 Å². The van der Waals surface area contributed by atoms with Gasteiger partial charge in [0, 0.05) is 0 Å². The second-order valence-corrected chi connectivity index (χ2v) is 6.36. The van der Waals surface area contributed by atoms with Gasteiger partial charge in [-0.25, -0.2) is 9.00 Å². The molecule has 21 heavy (non-hydrogen) atoms. The molecule has 0 spiro atoms. The zero-order valence-electron chi connectivity index (χ0n) is 13.1. The molecule has 0 aliphatic carbocycles. The van der Waals surface area contributed by atoms with Gasteiger partial charge in [0.15, 0.2) is 0 Å². The van der Waals surface area contributed by atoms with Crippen molar-refractivity contribution in [1.29, 1.82) is 0 Å². The van der Waals surface area contributed by atoms with E-state index in [0.29, 0.717) is 21.9 Å². The second kappa shape index (κ2) is 6.55. The van der Waals surface area contributed by atoms with Gasteiger partial charge < -0.3 is 9.29 Å². The van der Waals surface area contributed by atoms with E-state index in [-0.39, 0.29) is 0 Å². The predicted octanol–water partition coefficient (Wildman–Crippen LogP) is 3.08. The number of carbonyl (C=O) groups is 1. The third-order valence-electron chi connectivity index (χ3n) is 2.53. The maximum absolute atomic E-state index is 12.2. The van der Waals surface area contributed by atoms with E-state index < -0.39 is 23.1 Å². The largest absolute Gasteiger partial charge is 0.748 e. The van der Waals surface area contributed by atoms with Crippen molar-refractivity contribution in [3.8, 4) is 0 Å². The van der Waals surface area contributed by atoms with Crippen molar-refractivity contribution in [3.05, 3.63) is 28.8 Å². The molecule has 1 amide bonds. The van der Waals surface area contributed by atoms with Gasteiger partial charge in [-0.1, -0.05) is 17.7 Å². The topological polar surface area (TPSA) is 78.9 Å². The van der Waals surface area contributed by atoms with Crippen LogP contribution in [-0.4, -0.2) is 20.5 Å². The first kappa shape index (κ1) is 17.6. The van der Waals surface area contributed by atoms with Gasteiger partial charge in [-0.15, -0.1) is 5.06 Å². The van der Waals surface area contributed by atoms with Crippen LogP contribution in [0.2, 0.25) is 0 Å². The third kappa shape index (κ3) is 5.11. The SMILES string of the molecule is Cc1cc(C)c(N(OS(=O)[O-])C(=O)OC(C)(C)C)c(C)c1. The molecule has 1 aromatic carbocycles. The number of benzene rings is 1. The molecule has 6 nitrogen and oxygen atoms in total. The van der Waals surface area contributed by atoms with Crippen molar-refractivity contribution < 1.29 is 22.6 Å². The van der Waals surface area contributed by atoms with Crippen molar-refractivity contribution in [2.75, 3.05) is 5.06 Å². The molecule has 7 heteroatoms. The number of hydroxylamine groups is 1. The van der Waals surface area contributed by atoms with E-state index in [4.69, 9.17) is 4.74 Å². The molecular formula is C14H20NO5S-. The minimum Gasteiger partial charge on any atom is -0.748 e. The molecule has 0 heterocycles. The Labute approximate surface area is 127 Å². The zero-order chi connectivity index (χ0) is 16.4. The summed E-state index contributed by atoms with van der Waals surface area (Å²) < 4.78 is 31.5. The fraction of sp³-hybridized carbons (Fsp3) is 0.500. The minimum atomic E-state index is -2.89. The Bertz CT molecular complexity index is 542. The molecule has 0 N–H and O–H groups in total. The van der Waals surface area contributed by atoms with Crippen LogP contribution in [0.15, 0.2) is 12.1 Å². The summed E-state index contributed by atoms with van der Waals surface area (Å²) in [7, 11) is 0. The summed E-state index contributed by atoms with van der Waals surface area (Å²) in [5.74, 6) is 0. The summed E-state index contributed by atoms with van der Waals surface area (Å²) >= 11 is -2.89. The first-order valence-corrected chi connectivity index (χ1v) is 7.40. The van der Waals surface area contributed by atoms with E-state index in [9.17, 15) is 13.6 Å². The smallest absolute Gasteiger partial charge is 0.440 e.